The molecule has 240 valence electrons. The molecule has 7 heteroatoms. The Labute approximate surface area is 258 Å². The summed E-state index contributed by atoms with van der Waals surface area (Å²) in [6, 6.07) is 0. The van der Waals surface area contributed by atoms with Gasteiger partial charge in [0.2, 0.25) is 0 Å². The molecule has 0 aromatic rings. The van der Waals surface area contributed by atoms with Crippen LogP contribution in [0.5, 0.6) is 0 Å². The van der Waals surface area contributed by atoms with Gasteiger partial charge in [-0.25, -0.2) is 0 Å². The first-order chi connectivity index (χ1) is 19.9. The molecular weight excluding hydrogens is 544 g/mol. The maximum atomic E-state index is 14.1. The van der Waals surface area contributed by atoms with Gasteiger partial charge in [-0.15, -0.1) is 0 Å². The number of rotatable bonds is 4. The highest BCUT2D eigenvalue weighted by molar-refractivity contribution is 5.95. The van der Waals surface area contributed by atoms with Gasteiger partial charge in [0, 0.05) is 37.5 Å². The van der Waals surface area contributed by atoms with Crippen LogP contribution in [0.3, 0.4) is 0 Å². The van der Waals surface area contributed by atoms with Crippen LogP contribution in [-0.2, 0) is 33.4 Å². The molecule has 0 unspecified atom stereocenters. The number of ether oxygens (including phenoxy) is 3. The molecule has 5 aliphatic carbocycles. The summed E-state index contributed by atoms with van der Waals surface area (Å²) in [7, 11) is 0. The van der Waals surface area contributed by atoms with Crippen molar-refractivity contribution < 1.29 is 33.4 Å². The molecule has 0 radical (unpaired) electrons. The molecule has 0 amide bonds. The van der Waals surface area contributed by atoms with Gasteiger partial charge in [-0.05, 0) is 97.9 Å². The molecule has 4 fully saturated rings. The van der Waals surface area contributed by atoms with Gasteiger partial charge in [-0.1, -0.05) is 47.1 Å². The molecule has 7 nitrogen and oxygen atoms in total. The van der Waals surface area contributed by atoms with E-state index in [9.17, 15) is 19.2 Å². The number of hydrogen-bond acceptors (Lipinski definition) is 7. The predicted octanol–water partition coefficient (Wildman–Crippen LogP) is 7.00. The molecule has 0 spiro atoms. The third kappa shape index (κ3) is 5.28. The van der Waals surface area contributed by atoms with E-state index in [1.807, 2.05) is 6.08 Å². The van der Waals surface area contributed by atoms with Crippen LogP contribution in [0.2, 0.25) is 0 Å². The molecule has 0 bridgehead atoms. The van der Waals surface area contributed by atoms with E-state index in [4.69, 9.17) is 14.2 Å². The predicted molar refractivity (Wildman–Crippen MR) is 163 cm³/mol. The Morgan fingerprint density at radius 1 is 0.791 bits per heavy atom. The second kappa shape index (κ2) is 10.7. The highest BCUT2D eigenvalue weighted by Crippen LogP contribution is 2.69. The van der Waals surface area contributed by atoms with E-state index in [0.717, 1.165) is 57.8 Å². The summed E-state index contributed by atoms with van der Waals surface area (Å²) >= 11 is 0. The smallest absolute Gasteiger partial charge is 0.302 e. The number of esters is 3. The van der Waals surface area contributed by atoms with Gasteiger partial charge in [0.05, 0.1) is 0 Å². The van der Waals surface area contributed by atoms with Gasteiger partial charge in [0.25, 0.3) is 0 Å². The first-order valence-corrected chi connectivity index (χ1v) is 16.6. The Bertz CT molecular complexity index is 1220. The van der Waals surface area contributed by atoms with E-state index < -0.39 is 10.8 Å². The molecule has 0 aromatic heterocycles. The SMILES string of the molecule is CC(=O)OC[C@@]1(C)[C@@H](OC(C)=O)CC[C@]2(C)C[C@H]3CC[C@H]4C(=CC(=O)[C@@H]5C(C)(C)[C@H](OC(C)=O)CC[C@@]54C)C[C@]3(C)C[C@@H]21. The van der Waals surface area contributed by atoms with Crippen LogP contribution in [0.25, 0.3) is 0 Å². The standard InChI is InChI=1S/C36H54O7/c1-21(37)41-20-36(9)28-19-34(7)17-24-16-27(40)31-32(4,5)29(42-22(2)38)13-15-35(31,8)26(24)11-10-25(34)18-33(28,6)14-12-30(36)43-23(3)39/h16,25-26,28-31H,10-15,17-20H2,1-9H3/t25-,26+,28+,29-,30+,31-,33-,34-,35-,36-/m1/s1. The van der Waals surface area contributed by atoms with Crippen molar-refractivity contribution in [1.29, 1.82) is 0 Å². The Hall–Kier alpha value is -2.18. The molecule has 43 heavy (non-hydrogen) atoms. The fraction of sp³-hybridized carbons (Fsp3) is 0.833. The van der Waals surface area contributed by atoms with Crippen molar-refractivity contribution in [2.75, 3.05) is 6.61 Å². The summed E-state index contributed by atoms with van der Waals surface area (Å²) < 4.78 is 17.4. The maximum Gasteiger partial charge on any atom is 0.302 e. The third-order valence-electron chi connectivity index (χ3n) is 13.4. The summed E-state index contributed by atoms with van der Waals surface area (Å²) in [6.07, 6.45) is 9.95. The van der Waals surface area contributed by atoms with Crippen molar-refractivity contribution in [3.8, 4) is 0 Å². The molecule has 0 aromatic carbocycles. The van der Waals surface area contributed by atoms with Crippen LogP contribution in [0.4, 0.5) is 0 Å². The normalized spacial score (nSPS) is 45.1. The highest BCUT2D eigenvalue weighted by atomic mass is 16.6. The van der Waals surface area contributed by atoms with Crippen LogP contribution < -0.4 is 0 Å². The minimum Gasteiger partial charge on any atom is -0.465 e. The average molecular weight is 599 g/mol. The van der Waals surface area contributed by atoms with E-state index in [-0.39, 0.29) is 70.6 Å². The van der Waals surface area contributed by atoms with Crippen LogP contribution >= 0.6 is 0 Å². The minimum absolute atomic E-state index is 0.0195. The first kappa shape index (κ1) is 32.2. The van der Waals surface area contributed by atoms with Gasteiger partial charge in [-0.3, -0.25) is 19.2 Å². The number of fused-ring (bicyclic) bond motifs is 5. The Morgan fingerprint density at radius 3 is 2.05 bits per heavy atom. The average Bonchev–Trinajstić information content (AvgIpc) is 3.01. The quantitative estimate of drug-likeness (QED) is 0.254. The zero-order valence-corrected chi connectivity index (χ0v) is 28.0. The van der Waals surface area contributed by atoms with Crippen molar-refractivity contribution in [3.05, 3.63) is 11.6 Å². The molecule has 4 saturated carbocycles. The van der Waals surface area contributed by atoms with Crippen molar-refractivity contribution in [1.82, 2.24) is 0 Å². The van der Waals surface area contributed by atoms with Crippen molar-refractivity contribution in [2.45, 2.75) is 132 Å². The molecule has 5 rings (SSSR count). The molecular formula is C36H54O7. The molecule has 0 heterocycles. The molecule has 10 atom stereocenters. The molecule has 0 N–H and O–H groups in total. The molecule has 5 aliphatic rings. The largest absolute Gasteiger partial charge is 0.465 e. The zero-order valence-electron chi connectivity index (χ0n) is 28.0. The van der Waals surface area contributed by atoms with Gasteiger partial charge >= 0.3 is 17.9 Å². The van der Waals surface area contributed by atoms with Crippen molar-refractivity contribution in [2.24, 2.45) is 50.7 Å². The number of carbonyl (C=O) groups excluding carboxylic acids is 4. The maximum absolute atomic E-state index is 14.1. The molecule has 0 saturated heterocycles. The van der Waals surface area contributed by atoms with Gasteiger partial charge < -0.3 is 14.2 Å². The lowest BCUT2D eigenvalue weighted by atomic mass is 9.43. The second-order valence-corrected chi connectivity index (χ2v) is 16.7. The summed E-state index contributed by atoms with van der Waals surface area (Å²) in [5.74, 6) is 0.169. The Balaban J connectivity index is 1.49. The lowest BCUT2D eigenvalue weighted by molar-refractivity contribution is -0.201. The fourth-order valence-corrected chi connectivity index (χ4v) is 11.4. The number of ketones is 1. The first-order valence-electron chi connectivity index (χ1n) is 16.6. The monoisotopic (exact) mass is 598 g/mol. The zero-order chi connectivity index (χ0) is 31.8. The van der Waals surface area contributed by atoms with Crippen LogP contribution in [0.15, 0.2) is 11.6 Å². The van der Waals surface area contributed by atoms with Crippen LogP contribution in [-0.4, -0.2) is 42.5 Å². The van der Waals surface area contributed by atoms with E-state index in [2.05, 4.69) is 41.5 Å². The van der Waals surface area contributed by atoms with Gasteiger partial charge in [-0.2, -0.15) is 0 Å². The van der Waals surface area contributed by atoms with Crippen LogP contribution in [0, 0.1) is 50.7 Å². The van der Waals surface area contributed by atoms with Crippen molar-refractivity contribution >= 4 is 23.7 Å². The summed E-state index contributed by atoms with van der Waals surface area (Å²) in [6.45, 7) is 18.2. The van der Waals surface area contributed by atoms with Crippen molar-refractivity contribution in [3.63, 3.8) is 0 Å². The number of carbonyl (C=O) groups is 4. The minimum atomic E-state index is -0.489. The summed E-state index contributed by atoms with van der Waals surface area (Å²) in [5, 5.41) is 0. The lowest BCUT2D eigenvalue weighted by Gasteiger charge is -2.62. The van der Waals surface area contributed by atoms with Gasteiger partial charge in [0.15, 0.2) is 5.78 Å². The highest BCUT2D eigenvalue weighted by Gasteiger charge is 2.64. The second-order valence-electron chi connectivity index (χ2n) is 16.7. The Kier molecular flexibility index (Phi) is 8.03. The molecule has 0 aliphatic heterocycles. The van der Waals surface area contributed by atoms with E-state index in [1.54, 1.807) is 0 Å². The Morgan fingerprint density at radius 2 is 1.42 bits per heavy atom. The summed E-state index contributed by atoms with van der Waals surface area (Å²) in [4.78, 5) is 50.2. The third-order valence-corrected chi connectivity index (χ3v) is 13.4. The lowest BCUT2D eigenvalue weighted by Crippen LogP contribution is -2.59. The van der Waals surface area contributed by atoms with E-state index in [0.29, 0.717) is 11.8 Å². The van der Waals surface area contributed by atoms with E-state index in [1.165, 1.54) is 26.3 Å². The van der Waals surface area contributed by atoms with E-state index >= 15 is 0 Å². The fourth-order valence-electron chi connectivity index (χ4n) is 11.4. The number of hydrogen-bond donors (Lipinski definition) is 0. The topological polar surface area (TPSA) is 96.0 Å². The number of allylic oxidation sites excluding steroid dienone is 2. The van der Waals surface area contributed by atoms with Crippen LogP contribution in [0.1, 0.15) is 120 Å². The summed E-state index contributed by atoms with van der Waals surface area (Å²) in [5.41, 5.74) is 0.227. The van der Waals surface area contributed by atoms with Gasteiger partial charge in [0.1, 0.15) is 18.8 Å².